The fraction of sp³-hybridized carbons (Fsp3) is 0.0455. The molecule has 0 fully saturated rings. The molecule has 28 heavy (non-hydrogen) atoms. The molecular formula is C22H17N3O3. The summed E-state index contributed by atoms with van der Waals surface area (Å²) >= 11 is 0. The second-order valence-corrected chi connectivity index (χ2v) is 5.68. The highest BCUT2D eigenvalue weighted by molar-refractivity contribution is 6.49. The summed E-state index contributed by atoms with van der Waals surface area (Å²) in [5.41, 5.74) is 10.1. The number of benzene rings is 3. The van der Waals surface area contributed by atoms with Crippen molar-refractivity contribution in [3.63, 3.8) is 0 Å². The molecule has 0 aliphatic carbocycles. The van der Waals surface area contributed by atoms with E-state index in [1.165, 1.54) is 24.3 Å². The highest BCUT2D eigenvalue weighted by Gasteiger charge is 2.17. The standard InChI is InChI=1S/C14H9N3O2.C8H8O/c15-17-16-12-8-6-11(7-9-12)14(19)13(18)10-4-2-1-3-5-10;1-7(9)8-5-3-2-4-6-8/h1-9H;2-6H,1H3. The Morgan fingerprint density at radius 3 is 1.50 bits per heavy atom. The third-order valence-corrected chi connectivity index (χ3v) is 3.71. The first-order chi connectivity index (χ1) is 13.5. The molecule has 3 aromatic carbocycles. The zero-order valence-corrected chi connectivity index (χ0v) is 15.1. The number of carbonyl (C=O) groups is 3. The van der Waals surface area contributed by atoms with Crippen LogP contribution in [-0.2, 0) is 0 Å². The van der Waals surface area contributed by atoms with Gasteiger partial charge in [0.25, 0.3) is 0 Å². The van der Waals surface area contributed by atoms with E-state index in [9.17, 15) is 14.4 Å². The van der Waals surface area contributed by atoms with Crippen molar-refractivity contribution in [1.29, 1.82) is 0 Å². The molecule has 0 saturated carbocycles. The van der Waals surface area contributed by atoms with Crippen LogP contribution in [0.4, 0.5) is 5.69 Å². The van der Waals surface area contributed by atoms with E-state index in [1.54, 1.807) is 37.3 Å². The van der Waals surface area contributed by atoms with Crippen LogP contribution in [0.3, 0.4) is 0 Å². The molecule has 0 aliphatic rings. The number of nitrogens with zero attached hydrogens (tertiary/aromatic N) is 3. The number of hydrogen-bond acceptors (Lipinski definition) is 4. The van der Waals surface area contributed by atoms with E-state index in [4.69, 9.17) is 5.53 Å². The molecule has 6 heteroatoms. The summed E-state index contributed by atoms with van der Waals surface area (Å²) in [6.45, 7) is 1.56. The van der Waals surface area contributed by atoms with Crippen LogP contribution < -0.4 is 0 Å². The van der Waals surface area contributed by atoms with Crippen molar-refractivity contribution in [3.05, 3.63) is 112 Å². The summed E-state index contributed by atoms with van der Waals surface area (Å²) < 4.78 is 0. The van der Waals surface area contributed by atoms with Crippen molar-refractivity contribution < 1.29 is 14.4 Å². The van der Waals surface area contributed by atoms with Gasteiger partial charge < -0.3 is 0 Å². The number of carbonyl (C=O) groups excluding carboxylic acids is 3. The predicted octanol–water partition coefficient (Wildman–Crippen LogP) is 5.58. The molecule has 0 bridgehead atoms. The maximum absolute atomic E-state index is 12.0. The zero-order valence-electron chi connectivity index (χ0n) is 15.1. The molecule has 0 spiro atoms. The van der Waals surface area contributed by atoms with E-state index in [0.717, 1.165) is 5.56 Å². The molecule has 0 N–H and O–H groups in total. The van der Waals surface area contributed by atoms with Gasteiger partial charge in [0.2, 0.25) is 11.6 Å². The van der Waals surface area contributed by atoms with Gasteiger partial charge in [-0.05, 0) is 12.5 Å². The summed E-state index contributed by atoms with van der Waals surface area (Å²) in [4.78, 5) is 37.2. The summed E-state index contributed by atoms with van der Waals surface area (Å²) in [6, 6.07) is 23.5. The first kappa shape index (κ1) is 20.3. The van der Waals surface area contributed by atoms with Crippen molar-refractivity contribution in [3.8, 4) is 0 Å². The van der Waals surface area contributed by atoms with Crippen LogP contribution in [0.2, 0.25) is 0 Å². The van der Waals surface area contributed by atoms with Crippen LogP contribution >= 0.6 is 0 Å². The Hall–Kier alpha value is -4.02. The van der Waals surface area contributed by atoms with Crippen molar-refractivity contribution in [2.24, 2.45) is 5.11 Å². The van der Waals surface area contributed by atoms with Crippen LogP contribution in [-0.4, -0.2) is 17.3 Å². The molecule has 3 aromatic rings. The Bertz CT molecular complexity index is 1010. The molecular weight excluding hydrogens is 354 g/mol. The van der Waals surface area contributed by atoms with Crippen LogP contribution in [0.15, 0.2) is 90.0 Å². The molecule has 6 nitrogen and oxygen atoms in total. The minimum atomic E-state index is -0.585. The van der Waals surface area contributed by atoms with Crippen LogP contribution in [0.25, 0.3) is 10.4 Å². The van der Waals surface area contributed by atoms with E-state index >= 15 is 0 Å². The fourth-order valence-corrected chi connectivity index (χ4v) is 2.26. The van der Waals surface area contributed by atoms with Gasteiger partial charge in [-0.2, -0.15) is 0 Å². The third-order valence-electron chi connectivity index (χ3n) is 3.71. The van der Waals surface area contributed by atoms with Crippen molar-refractivity contribution in [1.82, 2.24) is 0 Å². The molecule has 3 rings (SSSR count). The van der Waals surface area contributed by atoms with E-state index in [1.807, 2.05) is 30.3 Å². The van der Waals surface area contributed by atoms with Gasteiger partial charge in [0.05, 0.1) is 0 Å². The topological polar surface area (TPSA) is 100.0 Å². The predicted molar refractivity (Wildman–Crippen MR) is 107 cm³/mol. The Morgan fingerprint density at radius 1 is 0.679 bits per heavy atom. The smallest absolute Gasteiger partial charge is 0.233 e. The molecule has 0 heterocycles. The van der Waals surface area contributed by atoms with Crippen molar-refractivity contribution >= 4 is 23.0 Å². The summed E-state index contributed by atoms with van der Waals surface area (Å²) in [5.74, 6) is -1.02. The molecule has 0 saturated heterocycles. The Labute approximate surface area is 162 Å². The summed E-state index contributed by atoms with van der Waals surface area (Å²) in [5, 5.41) is 3.39. The van der Waals surface area contributed by atoms with Gasteiger partial charge in [-0.25, -0.2) is 0 Å². The zero-order chi connectivity index (χ0) is 20.4. The number of Topliss-reactive ketones (excluding diaryl/α,β-unsaturated/α-hetero) is 3. The largest absolute Gasteiger partial charge is 0.295 e. The SMILES string of the molecule is CC(=O)c1ccccc1.[N-]=[N+]=Nc1ccc(C(=O)C(=O)c2ccccc2)cc1. The number of ketones is 3. The minimum absolute atomic E-state index is 0.121. The first-order valence-electron chi connectivity index (χ1n) is 8.38. The fourth-order valence-electron chi connectivity index (χ4n) is 2.26. The molecule has 0 radical (unpaired) electrons. The second-order valence-electron chi connectivity index (χ2n) is 5.68. The lowest BCUT2D eigenvalue weighted by Crippen LogP contribution is -2.14. The van der Waals surface area contributed by atoms with Gasteiger partial charge in [0, 0.05) is 27.3 Å². The van der Waals surface area contributed by atoms with Gasteiger partial charge in [-0.1, -0.05) is 90.0 Å². The average molecular weight is 371 g/mol. The molecule has 0 aliphatic heterocycles. The summed E-state index contributed by atoms with van der Waals surface area (Å²) in [6.07, 6.45) is 0. The van der Waals surface area contributed by atoms with Gasteiger partial charge >= 0.3 is 0 Å². The second kappa shape index (κ2) is 10.2. The number of hydrogen-bond donors (Lipinski definition) is 0. The van der Waals surface area contributed by atoms with E-state index < -0.39 is 11.6 Å². The van der Waals surface area contributed by atoms with Crippen LogP contribution in [0.5, 0.6) is 0 Å². The molecule has 0 aromatic heterocycles. The lowest BCUT2D eigenvalue weighted by Gasteiger charge is -2.01. The molecule has 0 amide bonds. The normalized spacial score (nSPS) is 9.32. The minimum Gasteiger partial charge on any atom is -0.295 e. The summed E-state index contributed by atoms with van der Waals surface area (Å²) in [7, 11) is 0. The Balaban J connectivity index is 0.000000261. The molecule has 138 valence electrons. The molecule has 0 atom stereocenters. The van der Waals surface area contributed by atoms with E-state index in [-0.39, 0.29) is 11.3 Å². The van der Waals surface area contributed by atoms with E-state index in [0.29, 0.717) is 11.3 Å². The van der Waals surface area contributed by atoms with Crippen LogP contribution in [0, 0.1) is 0 Å². The maximum atomic E-state index is 12.0. The lowest BCUT2D eigenvalue weighted by atomic mass is 10.0. The number of azide groups is 1. The van der Waals surface area contributed by atoms with E-state index in [2.05, 4.69) is 10.0 Å². The first-order valence-corrected chi connectivity index (χ1v) is 8.38. The average Bonchev–Trinajstić information content (AvgIpc) is 2.75. The van der Waals surface area contributed by atoms with Gasteiger partial charge in [-0.15, -0.1) is 0 Å². The van der Waals surface area contributed by atoms with Gasteiger partial charge in [-0.3, -0.25) is 14.4 Å². The van der Waals surface area contributed by atoms with Crippen molar-refractivity contribution in [2.45, 2.75) is 6.92 Å². The third kappa shape index (κ3) is 5.76. The monoisotopic (exact) mass is 371 g/mol. The quantitative estimate of drug-likeness (QED) is 0.192. The van der Waals surface area contributed by atoms with Gasteiger partial charge in [0.15, 0.2) is 5.78 Å². The van der Waals surface area contributed by atoms with Crippen molar-refractivity contribution in [2.75, 3.05) is 0 Å². The van der Waals surface area contributed by atoms with Gasteiger partial charge in [0.1, 0.15) is 0 Å². The number of rotatable bonds is 5. The highest BCUT2D eigenvalue weighted by atomic mass is 16.2. The Kier molecular flexibility index (Phi) is 7.40. The lowest BCUT2D eigenvalue weighted by molar-refractivity contribution is 0.0817. The highest BCUT2D eigenvalue weighted by Crippen LogP contribution is 2.15. The van der Waals surface area contributed by atoms with Crippen LogP contribution in [0.1, 0.15) is 38.0 Å². The maximum Gasteiger partial charge on any atom is 0.233 e. The Morgan fingerprint density at radius 2 is 1.11 bits per heavy atom. The molecule has 0 unspecified atom stereocenters.